The van der Waals surface area contributed by atoms with Gasteiger partial charge in [0.1, 0.15) is 11.9 Å². The molecule has 94 valence electrons. The van der Waals surface area contributed by atoms with Gasteiger partial charge in [0.15, 0.2) is 6.29 Å². The fourth-order valence-electron chi connectivity index (χ4n) is 1.58. The topological polar surface area (TPSA) is 78.8 Å². The fraction of sp³-hybridized carbons (Fsp3) is 0.417. The van der Waals surface area contributed by atoms with Gasteiger partial charge in [-0.15, -0.1) is 0 Å². The summed E-state index contributed by atoms with van der Waals surface area (Å²) in [7, 11) is 3.17. The lowest BCUT2D eigenvalue weighted by Gasteiger charge is -2.19. The van der Waals surface area contributed by atoms with Crippen LogP contribution in [0.2, 0.25) is 0 Å². The molecule has 0 aliphatic carbocycles. The van der Waals surface area contributed by atoms with Crippen molar-refractivity contribution in [3.63, 3.8) is 0 Å². The zero-order valence-corrected chi connectivity index (χ0v) is 9.88. The van der Waals surface area contributed by atoms with Crippen LogP contribution in [0.1, 0.15) is 22.0 Å². The average molecular weight is 239 g/mol. The molecule has 2 atom stereocenters. The Kier molecular flexibility index (Phi) is 5.09. The zero-order valence-electron chi connectivity index (χ0n) is 9.88. The summed E-state index contributed by atoms with van der Waals surface area (Å²) < 4.78 is 4.98. The van der Waals surface area contributed by atoms with Crippen LogP contribution < -0.4 is 10.1 Å². The van der Waals surface area contributed by atoms with Crippen LogP contribution in [0.5, 0.6) is 5.75 Å². The molecule has 2 unspecified atom stereocenters. The number of hydrogen-bond donors (Lipinski definition) is 3. The van der Waals surface area contributed by atoms with E-state index in [0.717, 1.165) is 0 Å². The van der Waals surface area contributed by atoms with Crippen molar-refractivity contribution < 1.29 is 19.7 Å². The molecule has 5 nitrogen and oxygen atoms in total. The van der Waals surface area contributed by atoms with E-state index in [0.29, 0.717) is 23.2 Å². The summed E-state index contributed by atoms with van der Waals surface area (Å²) >= 11 is 0. The molecular formula is C12H17NO4. The molecule has 0 heterocycles. The molecule has 0 radical (unpaired) electrons. The first-order valence-corrected chi connectivity index (χ1v) is 5.27. The first-order valence-electron chi connectivity index (χ1n) is 5.27. The second-order valence-corrected chi connectivity index (χ2v) is 3.68. The van der Waals surface area contributed by atoms with Gasteiger partial charge in [0.2, 0.25) is 0 Å². The van der Waals surface area contributed by atoms with E-state index in [1.54, 1.807) is 19.2 Å². The number of rotatable bonds is 6. The summed E-state index contributed by atoms with van der Waals surface area (Å²) in [6, 6.07) is 4.74. The van der Waals surface area contributed by atoms with E-state index >= 15 is 0 Å². The highest BCUT2D eigenvalue weighted by molar-refractivity contribution is 5.78. The van der Waals surface area contributed by atoms with Gasteiger partial charge in [0, 0.05) is 12.1 Å². The van der Waals surface area contributed by atoms with Crippen LogP contribution in [0.4, 0.5) is 0 Å². The van der Waals surface area contributed by atoms with Crippen LogP contribution in [0, 0.1) is 0 Å². The van der Waals surface area contributed by atoms with Gasteiger partial charge in [0.05, 0.1) is 13.2 Å². The number of methoxy groups -OCH3 is 1. The van der Waals surface area contributed by atoms with Crippen LogP contribution in [0.25, 0.3) is 0 Å². The van der Waals surface area contributed by atoms with Crippen LogP contribution in [-0.2, 0) is 0 Å². The van der Waals surface area contributed by atoms with E-state index in [2.05, 4.69) is 5.32 Å². The van der Waals surface area contributed by atoms with Gasteiger partial charge in [-0.1, -0.05) is 6.07 Å². The second kappa shape index (κ2) is 6.34. The maximum Gasteiger partial charge on any atom is 0.150 e. The number of nitrogens with one attached hydrogen (secondary N) is 1. The van der Waals surface area contributed by atoms with E-state index in [1.165, 1.54) is 13.2 Å². The van der Waals surface area contributed by atoms with Gasteiger partial charge in [-0.25, -0.2) is 0 Å². The molecule has 1 rings (SSSR count). The highest BCUT2D eigenvalue weighted by atomic mass is 16.5. The summed E-state index contributed by atoms with van der Waals surface area (Å²) in [5.74, 6) is 0.533. The van der Waals surface area contributed by atoms with Crippen molar-refractivity contribution in [2.45, 2.75) is 12.2 Å². The van der Waals surface area contributed by atoms with Crippen LogP contribution in [0.3, 0.4) is 0 Å². The minimum atomic E-state index is -1.10. The third-order valence-corrected chi connectivity index (χ3v) is 2.52. The predicted molar refractivity (Wildman–Crippen MR) is 63.3 cm³/mol. The van der Waals surface area contributed by atoms with E-state index in [9.17, 15) is 15.0 Å². The number of ether oxygens (including phenoxy) is 1. The molecule has 0 fully saturated rings. The number of aldehydes is 1. The molecule has 0 aliphatic rings. The standard InChI is InChI=1S/C12H17NO4/c1-13-6-11(15)12(16)10-4-3-9(17-2)5-8(10)7-14/h3-5,7,11-13,15-16H,6H2,1-2H3. The molecule has 0 bridgehead atoms. The normalized spacial score (nSPS) is 14.1. The van der Waals surface area contributed by atoms with E-state index < -0.39 is 12.2 Å². The summed E-state index contributed by atoms with van der Waals surface area (Å²) in [6.07, 6.45) is -1.44. The minimum absolute atomic E-state index is 0.242. The Morgan fingerprint density at radius 2 is 2.18 bits per heavy atom. The van der Waals surface area contributed by atoms with E-state index in [4.69, 9.17) is 4.74 Å². The number of hydrogen-bond acceptors (Lipinski definition) is 5. The molecule has 1 aromatic rings. The van der Waals surface area contributed by atoms with Gasteiger partial charge in [0.25, 0.3) is 0 Å². The van der Waals surface area contributed by atoms with Crippen LogP contribution in [-0.4, -0.2) is 43.3 Å². The van der Waals surface area contributed by atoms with Gasteiger partial charge in [-0.3, -0.25) is 4.79 Å². The Balaban J connectivity index is 3.00. The molecule has 0 saturated carbocycles. The maximum absolute atomic E-state index is 10.9. The molecule has 0 amide bonds. The SMILES string of the molecule is CNCC(O)C(O)c1ccc(OC)cc1C=O. The Bertz CT molecular complexity index is 381. The van der Waals surface area contributed by atoms with Crippen molar-refractivity contribution >= 4 is 6.29 Å². The first kappa shape index (κ1) is 13.6. The number of benzene rings is 1. The van der Waals surface area contributed by atoms with Crippen LogP contribution >= 0.6 is 0 Å². The number of aliphatic hydroxyl groups is 2. The van der Waals surface area contributed by atoms with Crippen LogP contribution in [0.15, 0.2) is 18.2 Å². The van der Waals surface area contributed by atoms with Crippen molar-refractivity contribution in [2.24, 2.45) is 0 Å². The van der Waals surface area contributed by atoms with Crippen molar-refractivity contribution in [1.82, 2.24) is 5.32 Å². The summed E-state index contributed by atoms with van der Waals surface area (Å²) in [6.45, 7) is 0.242. The van der Waals surface area contributed by atoms with Crippen molar-refractivity contribution in [3.05, 3.63) is 29.3 Å². The Morgan fingerprint density at radius 1 is 1.47 bits per heavy atom. The summed E-state index contributed by atoms with van der Waals surface area (Å²) in [4.78, 5) is 10.9. The van der Waals surface area contributed by atoms with E-state index in [1.807, 2.05) is 0 Å². The van der Waals surface area contributed by atoms with Gasteiger partial charge >= 0.3 is 0 Å². The molecule has 0 aromatic heterocycles. The lowest BCUT2D eigenvalue weighted by Crippen LogP contribution is -2.30. The van der Waals surface area contributed by atoms with Gasteiger partial charge < -0.3 is 20.3 Å². The number of carbonyl (C=O) groups is 1. The maximum atomic E-state index is 10.9. The second-order valence-electron chi connectivity index (χ2n) is 3.68. The van der Waals surface area contributed by atoms with E-state index in [-0.39, 0.29) is 6.54 Å². The number of likely N-dealkylation sites (N-methyl/N-ethyl adjacent to an activating group) is 1. The quantitative estimate of drug-likeness (QED) is 0.615. The van der Waals surface area contributed by atoms with Gasteiger partial charge in [-0.05, 0) is 24.7 Å². The molecule has 0 spiro atoms. The van der Waals surface area contributed by atoms with Crippen molar-refractivity contribution in [2.75, 3.05) is 20.7 Å². The summed E-state index contributed by atoms with van der Waals surface area (Å²) in [5.41, 5.74) is 0.704. The minimum Gasteiger partial charge on any atom is -0.497 e. The molecule has 17 heavy (non-hydrogen) atoms. The Hall–Kier alpha value is -1.43. The zero-order chi connectivity index (χ0) is 12.8. The highest BCUT2D eigenvalue weighted by Gasteiger charge is 2.20. The molecule has 3 N–H and O–H groups in total. The smallest absolute Gasteiger partial charge is 0.150 e. The third kappa shape index (κ3) is 3.26. The lowest BCUT2D eigenvalue weighted by atomic mass is 9.99. The molecule has 0 saturated heterocycles. The highest BCUT2D eigenvalue weighted by Crippen LogP contribution is 2.24. The number of carbonyl (C=O) groups excluding carboxylic acids is 1. The van der Waals surface area contributed by atoms with Gasteiger partial charge in [-0.2, -0.15) is 0 Å². The fourth-order valence-corrected chi connectivity index (χ4v) is 1.58. The molecule has 1 aromatic carbocycles. The predicted octanol–water partition coefficient (Wildman–Crippen LogP) is 0.121. The molecular weight excluding hydrogens is 222 g/mol. The lowest BCUT2D eigenvalue weighted by molar-refractivity contribution is 0.0198. The summed E-state index contributed by atoms with van der Waals surface area (Å²) in [5, 5.41) is 22.3. The monoisotopic (exact) mass is 239 g/mol. The van der Waals surface area contributed by atoms with Crippen molar-refractivity contribution in [3.8, 4) is 5.75 Å². The first-order chi connectivity index (χ1) is 8.13. The number of aliphatic hydroxyl groups excluding tert-OH is 2. The average Bonchev–Trinajstić information content (AvgIpc) is 2.37. The largest absolute Gasteiger partial charge is 0.497 e. The third-order valence-electron chi connectivity index (χ3n) is 2.52. The Labute approximate surface area is 100 Å². The Morgan fingerprint density at radius 3 is 2.71 bits per heavy atom. The van der Waals surface area contributed by atoms with Crippen molar-refractivity contribution in [1.29, 1.82) is 0 Å². The molecule has 5 heteroatoms. The molecule has 0 aliphatic heterocycles.